The first-order chi connectivity index (χ1) is 10.2. The number of rotatable bonds is 4. The van der Waals surface area contributed by atoms with Crippen molar-refractivity contribution in [1.29, 1.82) is 0 Å². The number of nitrogens with zero attached hydrogens (tertiary/aromatic N) is 2. The molecule has 3 heterocycles. The topological polar surface area (TPSA) is 45.6 Å². The summed E-state index contributed by atoms with van der Waals surface area (Å²) >= 11 is 0. The number of fused-ring (bicyclic) bond motifs is 1. The summed E-state index contributed by atoms with van der Waals surface area (Å²) in [5.41, 5.74) is 6.45. The zero-order valence-corrected chi connectivity index (χ0v) is 13.4. The quantitative estimate of drug-likeness (QED) is 0.926. The van der Waals surface area contributed by atoms with Crippen LogP contribution in [0.15, 0.2) is 22.8 Å². The van der Waals surface area contributed by atoms with Gasteiger partial charge in [-0.15, -0.1) is 0 Å². The molecule has 0 amide bonds. The van der Waals surface area contributed by atoms with Gasteiger partial charge >= 0.3 is 0 Å². The van der Waals surface area contributed by atoms with Crippen LogP contribution in [0.25, 0.3) is 0 Å². The Morgan fingerprint density at radius 3 is 2.95 bits per heavy atom. The van der Waals surface area contributed by atoms with E-state index in [0.717, 1.165) is 25.3 Å². The maximum Gasteiger partial charge on any atom is 0.122 e. The molecule has 0 aliphatic carbocycles. The van der Waals surface area contributed by atoms with Gasteiger partial charge < -0.3 is 10.2 Å². The molecule has 4 atom stereocenters. The van der Waals surface area contributed by atoms with Crippen LogP contribution in [0.2, 0.25) is 0 Å². The minimum atomic E-state index is 0.133. The first-order valence-corrected chi connectivity index (χ1v) is 8.49. The average Bonchev–Trinajstić information content (AvgIpc) is 3.01. The lowest BCUT2D eigenvalue weighted by Crippen LogP contribution is -2.61. The lowest BCUT2D eigenvalue weighted by molar-refractivity contribution is -0.0196. The summed E-state index contributed by atoms with van der Waals surface area (Å²) in [6.45, 7) is 8.07. The predicted molar refractivity (Wildman–Crippen MR) is 85.1 cm³/mol. The Bertz CT molecular complexity index is 433. The van der Waals surface area contributed by atoms with Crippen molar-refractivity contribution in [3.8, 4) is 0 Å². The van der Waals surface area contributed by atoms with E-state index in [9.17, 15) is 0 Å². The van der Waals surface area contributed by atoms with Crippen molar-refractivity contribution in [1.82, 2.24) is 9.80 Å². The van der Waals surface area contributed by atoms with E-state index >= 15 is 0 Å². The molecule has 2 aliphatic heterocycles. The summed E-state index contributed by atoms with van der Waals surface area (Å²) < 4.78 is 5.72. The lowest BCUT2D eigenvalue weighted by Gasteiger charge is -2.50. The number of piperazine rings is 1. The van der Waals surface area contributed by atoms with Crippen LogP contribution in [0.4, 0.5) is 0 Å². The van der Waals surface area contributed by atoms with Crippen molar-refractivity contribution in [2.45, 2.75) is 63.7 Å². The summed E-state index contributed by atoms with van der Waals surface area (Å²) in [6.07, 6.45) is 6.80. The molecule has 0 spiro atoms. The van der Waals surface area contributed by atoms with Crippen LogP contribution >= 0.6 is 0 Å². The molecule has 0 bridgehead atoms. The van der Waals surface area contributed by atoms with E-state index in [1.165, 1.54) is 25.8 Å². The van der Waals surface area contributed by atoms with Crippen LogP contribution in [0.3, 0.4) is 0 Å². The monoisotopic (exact) mass is 291 g/mol. The first-order valence-electron chi connectivity index (χ1n) is 8.49. The molecule has 4 nitrogen and oxygen atoms in total. The number of furan rings is 1. The molecule has 3 rings (SSSR count). The van der Waals surface area contributed by atoms with E-state index in [-0.39, 0.29) is 12.1 Å². The second kappa shape index (κ2) is 6.51. The number of hydrogen-bond donors (Lipinski definition) is 1. The number of hydrogen-bond acceptors (Lipinski definition) is 4. The summed E-state index contributed by atoms with van der Waals surface area (Å²) in [5.74, 6) is 1.03. The highest BCUT2D eigenvalue weighted by Crippen LogP contribution is 2.33. The third-order valence-corrected chi connectivity index (χ3v) is 5.30. The molecule has 4 unspecified atom stereocenters. The predicted octanol–water partition coefficient (Wildman–Crippen LogP) is 2.62. The molecule has 0 radical (unpaired) electrons. The molecule has 1 aromatic rings. The Morgan fingerprint density at radius 1 is 1.38 bits per heavy atom. The van der Waals surface area contributed by atoms with Gasteiger partial charge in [-0.1, -0.05) is 13.3 Å². The molecular weight excluding hydrogens is 262 g/mol. The minimum absolute atomic E-state index is 0.133. The van der Waals surface area contributed by atoms with Gasteiger partial charge in [-0.2, -0.15) is 0 Å². The van der Waals surface area contributed by atoms with Gasteiger partial charge in [0.05, 0.1) is 12.3 Å². The summed E-state index contributed by atoms with van der Waals surface area (Å²) in [5, 5.41) is 0. The summed E-state index contributed by atoms with van der Waals surface area (Å²) in [4.78, 5) is 5.28. The fourth-order valence-corrected chi connectivity index (χ4v) is 4.07. The maximum absolute atomic E-state index is 6.45. The van der Waals surface area contributed by atoms with Gasteiger partial charge in [0.15, 0.2) is 0 Å². The first kappa shape index (κ1) is 15.1. The fraction of sp³-hybridized carbons (Fsp3) is 0.765. The summed E-state index contributed by atoms with van der Waals surface area (Å²) in [7, 11) is 0. The van der Waals surface area contributed by atoms with Gasteiger partial charge in [0.1, 0.15) is 5.76 Å². The molecule has 2 aliphatic rings. The highest BCUT2D eigenvalue weighted by Gasteiger charge is 2.39. The Morgan fingerprint density at radius 2 is 2.24 bits per heavy atom. The van der Waals surface area contributed by atoms with E-state index in [0.29, 0.717) is 12.1 Å². The normalized spacial score (nSPS) is 30.8. The van der Waals surface area contributed by atoms with Gasteiger partial charge in [-0.25, -0.2) is 0 Å². The van der Waals surface area contributed by atoms with Crippen LogP contribution in [-0.2, 0) is 0 Å². The second-order valence-corrected chi connectivity index (χ2v) is 6.72. The second-order valence-electron chi connectivity index (χ2n) is 6.72. The van der Waals surface area contributed by atoms with Gasteiger partial charge in [0.25, 0.3) is 0 Å². The Kier molecular flexibility index (Phi) is 4.67. The third kappa shape index (κ3) is 3.03. The van der Waals surface area contributed by atoms with Crippen LogP contribution in [0.5, 0.6) is 0 Å². The molecule has 0 aromatic carbocycles. The van der Waals surface area contributed by atoms with E-state index in [4.69, 9.17) is 10.2 Å². The van der Waals surface area contributed by atoms with Gasteiger partial charge in [-0.05, 0) is 44.9 Å². The summed E-state index contributed by atoms with van der Waals surface area (Å²) in [6, 6.07) is 5.65. The van der Waals surface area contributed by atoms with Crippen molar-refractivity contribution >= 4 is 0 Å². The fourth-order valence-electron chi connectivity index (χ4n) is 4.07. The number of nitrogens with two attached hydrogens (primary N) is 1. The van der Waals surface area contributed by atoms with Crippen molar-refractivity contribution in [2.24, 2.45) is 5.73 Å². The molecule has 0 saturated carbocycles. The van der Waals surface area contributed by atoms with Crippen molar-refractivity contribution < 1.29 is 4.42 Å². The molecule has 2 saturated heterocycles. The smallest absolute Gasteiger partial charge is 0.122 e. The van der Waals surface area contributed by atoms with Crippen molar-refractivity contribution in [3.05, 3.63) is 24.2 Å². The highest BCUT2D eigenvalue weighted by atomic mass is 16.3. The van der Waals surface area contributed by atoms with Gasteiger partial charge in [0, 0.05) is 31.2 Å². The van der Waals surface area contributed by atoms with E-state index in [2.05, 4.69) is 29.7 Å². The molecule has 4 heteroatoms. The van der Waals surface area contributed by atoms with E-state index in [1.807, 2.05) is 6.07 Å². The largest absolute Gasteiger partial charge is 0.468 e. The van der Waals surface area contributed by atoms with Crippen LogP contribution in [-0.4, -0.2) is 47.6 Å². The van der Waals surface area contributed by atoms with Crippen LogP contribution in [0, 0.1) is 0 Å². The molecule has 1 aromatic heterocycles. The zero-order chi connectivity index (χ0) is 14.8. The maximum atomic E-state index is 6.45. The third-order valence-electron chi connectivity index (χ3n) is 5.30. The zero-order valence-electron chi connectivity index (χ0n) is 13.4. The Labute approximate surface area is 128 Å². The van der Waals surface area contributed by atoms with E-state index < -0.39 is 0 Å². The van der Waals surface area contributed by atoms with E-state index in [1.54, 1.807) is 6.26 Å². The Balaban J connectivity index is 1.81. The molecule has 21 heavy (non-hydrogen) atoms. The number of piperidine rings is 1. The lowest BCUT2D eigenvalue weighted by atomic mass is 9.93. The van der Waals surface area contributed by atoms with Gasteiger partial charge in [0.2, 0.25) is 0 Å². The average molecular weight is 291 g/mol. The highest BCUT2D eigenvalue weighted by molar-refractivity contribution is 5.10. The van der Waals surface area contributed by atoms with Crippen molar-refractivity contribution in [2.75, 3.05) is 19.6 Å². The SMILES string of the molecule is CCC(N)C(c1ccco1)N1CC2CCCCN2CC1C. The minimum Gasteiger partial charge on any atom is -0.468 e. The van der Waals surface area contributed by atoms with Crippen LogP contribution in [0.1, 0.15) is 51.3 Å². The van der Waals surface area contributed by atoms with Crippen molar-refractivity contribution in [3.63, 3.8) is 0 Å². The molecule has 118 valence electrons. The van der Waals surface area contributed by atoms with Gasteiger partial charge in [-0.3, -0.25) is 9.80 Å². The molecular formula is C17H29N3O. The molecule has 2 N–H and O–H groups in total. The van der Waals surface area contributed by atoms with Crippen LogP contribution < -0.4 is 5.73 Å². The molecule has 2 fully saturated rings. The standard InChI is InChI=1S/C17H29N3O/c1-3-15(18)17(16-8-6-10-21-16)20-12-14-7-4-5-9-19(14)11-13(20)2/h6,8,10,13-15,17H,3-5,7,9,11-12,18H2,1-2H3. The Hall–Kier alpha value is -0.840.